The molecule has 1 aromatic carbocycles. The topological polar surface area (TPSA) is 111 Å². The second-order valence-electron chi connectivity index (χ2n) is 8.25. The number of benzene rings is 1. The highest BCUT2D eigenvalue weighted by atomic mass is 35.5. The van der Waals surface area contributed by atoms with Crippen molar-refractivity contribution in [1.82, 2.24) is 30.0 Å². The molecule has 0 spiro atoms. The molecule has 9 nitrogen and oxygen atoms in total. The van der Waals surface area contributed by atoms with Crippen molar-refractivity contribution in [3.63, 3.8) is 0 Å². The van der Waals surface area contributed by atoms with Crippen LogP contribution in [0.5, 0.6) is 5.75 Å². The molecule has 170 valence electrons. The van der Waals surface area contributed by atoms with Gasteiger partial charge in [0.25, 0.3) is 0 Å². The van der Waals surface area contributed by atoms with Gasteiger partial charge in [-0.1, -0.05) is 11.6 Å². The highest BCUT2D eigenvalue weighted by molar-refractivity contribution is 6.31. The average molecular weight is 458 g/mol. The van der Waals surface area contributed by atoms with Crippen LogP contribution in [0.2, 0.25) is 5.02 Å². The molecule has 1 saturated heterocycles. The number of halogens is 1. The van der Waals surface area contributed by atoms with E-state index in [1.165, 1.54) is 6.33 Å². The first-order valence-corrected chi connectivity index (χ1v) is 10.9. The first kappa shape index (κ1) is 22.3. The van der Waals surface area contributed by atoms with Crippen LogP contribution >= 0.6 is 11.6 Å². The normalized spacial score (nSPS) is 15.6. The Kier molecular flexibility index (Phi) is 5.96. The number of nitrogen functional groups attached to an aromatic ring is 1. The monoisotopic (exact) mass is 457 g/mol. The van der Waals surface area contributed by atoms with Crippen molar-refractivity contribution in [2.75, 3.05) is 39.5 Å². The van der Waals surface area contributed by atoms with Gasteiger partial charge in [0, 0.05) is 42.2 Å². The van der Waals surface area contributed by atoms with Gasteiger partial charge in [-0.05, 0) is 32.4 Å². The maximum atomic E-state index is 11.7. The molecule has 4 rings (SSSR count). The van der Waals surface area contributed by atoms with Crippen molar-refractivity contribution >= 4 is 34.4 Å². The number of fused-ring (bicyclic) bond motifs is 1. The molecule has 0 aliphatic carbocycles. The molecule has 1 aliphatic rings. The number of carbonyl (C=O) groups is 1. The number of methoxy groups -OCH3 is 1. The molecule has 1 fully saturated rings. The predicted octanol–water partition coefficient (Wildman–Crippen LogP) is 2.44. The Bertz CT molecular complexity index is 1190. The van der Waals surface area contributed by atoms with Crippen molar-refractivity contribution in [1.29, 1.82) is 0 Å². The first-order valence-electron chi connectivity index (χ1n) is 10.5. The molecule has 1 aliphatic heterocycles. The van der Waals surface area contributed by atoms with Gasteiger partial charge >= 0.3 is 0 Å². The number of amides is 1. The smallest absolute Gasteiger partial charge is 0.233 e. The zero-order valence-corrected chi connectivity index (χ0v) is 19.7. The van der Waals surface area contributed by atoms with E-state index < -0.39 is 0 Å². The lowest BCUT2D eigenvalue weighted by Crippen LogP contribution is -2.49. The summed E-state index contributed by atoms with van der Waals surface area (Å²) in [6.07, 6.45) is 1.45. The molecule has 2 aromatic heterocycles. The zero-order chi connectivity index (χ0) is 23.2. The third kappa shape index (κ3) is 3.65. The van der Waals surface area contributed by atoms with E-state index in [1.54, 1.807) is 14.2 Å². The minimum absolute atomic E-state index is 0.00901. The Hall–Kier alpha value is -2.91. The maximum absolute atomic E-state index is 11.7. The Morgan fingerprint density at radius 3 is 2.75 bits per heavy atom. The van der Waals surface area contributed by atoms with E-state index in [2.05, 4.69) is 20.2 Å². The summed E-state index contributed by atoms with van der Waals surface area (Å²) in [4.78, 5) is 22.3. The molecule has 3 N–H and O–H groups in total. The fourth-order valence-corrected chi connectivity index (χ4v) is 4.75. The van der Waals surface area contributed by atoms with Gasteiger partial charge < -0.3 is 15.8 Å². The van der Waals surface area contributed by atoms with Gasteiger partial charge in [0.1, 0.15) is 17.9 Å². The number of likely N-dealkylation sites (tertiary alicyclic amines) is 1. The van der Waals surface area contributed by atoms with Crippen LogP contribution < -0.4 is 15.8 Å². The van der Waals surface area contributed by atoms with Crippen LogP contribution in [0.25, 0.3) is 11.0 Å². The quantitative estimate of drug-likeness (QED) is 0.584. The summed E-state index contributed by atoms with van der Waals surface area (Å²) in [5.74, 6) is 1.45. The zero-order valence-electron chi connectivity index (χ0n) is 18.9. The number of nitrogens with one attached hydrogen (secondary N) is 1. The first-order chi connectivity index (χ1) is 15.3. The molecule has 1 unspecified atom stereocenters. The van der Waals surface area contributed by atoms with Gasteiger partial charge in [-0.15, -0.1) is 0 Å². The number of carbonyl (C=O) groups excluding carboxylic acids is 1. The molecular formula is C22H28ClN7O2. The van der Waals surface area contributed by atoms with Crippen LogP contribution in [-0.4, -0.2) is 64.3 Å². The largest absolute Gasteiger partial charge is 0.496 e. The van der Waals surface area contributed by atoms with Gasteiger partial charge in [-0.2, -0.15) is 5.10 Å². The number of nitrogens with two attached hydrogens (primary N) is 1. The number of nitrogens with zero attached hydrogens (tertiary/aromatic N) is 5. The number of rotatable bonds is 6. The molecule has 3 aromatic rings. The number of aromatic nitrogens is 4. The van der Waals surface area contributed by atoms with E-state index in [0.717, 1.165) is 46.6 Å². The number of likely N-dealkylation sites (N-methyl/N-ethyl adjacent to an activating group) is 1. The summed E-state index contributed by atoms with van der Waals surface area (Å²) >= 11 is 6.69. The third-order valence-electron chi connectivity index (χ3n) is 6.28. The second kappa shape index (κ2) is 8.55. The highest BCUT2D eigenvalue weighted by Gasteiger charge is 2.35. The van der Waals surface area contributed by atoms with Crippen molar-refractivity contribution in [3.05, 3.63) is 39.8 Å². The van der Waals surface area contributed by atoms with Gasteiger partial charge in [-0.25, -0.2) is 14.6 Å². The molecule has 1 amide bonds. The van der Waals surface area contributed by atoms with Crippen LogP contribution in [0.1, 0.15) is 41.3 Å². The average Bonchev–Trinajstić information content (AvgIpc) is 3.09. The van der Waals surface area contributed by atoms with E-state index in [4.69, 9.17) is 27.2 Å². The number of ether oxygens (including phenoxy) is 1. The van der Waals surface area contributed by atoms with Crippen molar-refractivity contribution < 1.29 is 9.53 Å². The highest BCUT2D eigenvalue weighted by Crippen LogP contribution is 2.44. The minimum Gasteiger partial charge on any atom is -0.496 e. The number of hydrogen-bond acceptors (Lipinski definition) is 7. The van der Waals surface area contributed by atoms with Crippen LogP contribution in [-0.2, 0) is 4.79 Å². The minimum atomic E-state index is -0.200. The standard InChI is InChI=1S/C22H28ClN7O2/c1-11-16(23)6-15(13(3)30-22-19(12(2)28-30)21(24)26-10-27-22)20(32-5)18(11)14-7-29(8-14)9-17(31)25-4/h6,10,13-14H,7-9H2,1-5H3,(H,25,31)(H2,24,26,27). The Morgan fingerprint density at radius 2 is 2.09 bits per heavy atom. The van der Waals surface area contributed by atoms with Gasteiger partial charge in [0.2, 0.25) is 5.91 Å². The number of anilines is 1. The summed E-state index contributed by atoms with van der Waals surface area (Å²) in [6, 6.07) is 1.74. The van der Waals surface area contributed by atoms with Crippen LogP contribution in [0, 0.1) is 13.8 Å². The molecule has 0 radical (unpaired) electrons. The Morgan fingerprint density at radius 1 is 1.38 bits per heavy atom. The van der Waals surface area contributed by atoms with Crippen molar-refractivity contribution in [2.45, 2.75) is 32.7 Å². The summed E-state index contributed by atoms with van der Waals surface area (Å²) in [6.45, 7) is 7.87. The molecule has 10 heteroatoms. The van der Waals surface area contributed by atoms with E-state index >= 15 is 0 Å². The SMILES string of the molecule is CNC(=O)CN1CC(c2c(C)c(Cl)cc(C(C)n3nc(C)c4c(N)ncnc43)c2OC)C1. The van der Waals surface area contributed by atoms with Crippen molar-refractivity contribution in [3.8, 4) is 5.75 Å². The Balaban J connectivity index is 1.75. The molecule has 1 atom stereocenters. The van der Waals surface area contributed by atoms with E-state index in [0.29, 0.717) is 23.0 Å². The van der Waals surface area contributed by atoms with Crippen LogP contribution in [0.3, 0.4) is 0 Å². The lowest BCUT2D eigenvalue weighted by Gasteiger charge is -2.40. The maximum Gasteiger partial charge on any atom is 0.233 e. The van der Waals surface area contributed by atoms with Gasteiger partial charge in [0.05, 0.1) is 30.8 Å². The number of hydrogen-bond donors (Lipinski definition) is 2. The van der Waals surface area contributed by atoms with Crippen LogP contribution in [0.15, 0.2) is 12.4 Å². The summed E-state index contributed by atoms with van der Waals surface area (Å²) in [5.41, 5.74) is 10.5. The van der Waals surface area contributed by atoms with E-state index in [9.17, 15) is 4.79 Å². The van der Waals surface area contributed by atoms with Crippen molar-refractivity contribution in [2.24, 2.45) is 0 Å². The lowest BCUT2D eigenvalue weighted by atomic mass is 9.85. The summed E-state index contributed by atoms with van der Waals surface area (Å²) in [7, 11) is 3.33. The number of aryl methyl sites for hydroxylation is 1. The van der Waals surface area contributed by atoms with E-state index in [-0.39, 0.29) is 17.9 Å². The molecule has 0 saturated carbocycles. The Labute approximate surface area is 191 Å². The van der Waals surface area contributed by atoms with Crippen LogP contribution in [0.4, 0.5) is 5.82 Å². The lowest BCUT2D eigenvalue weighted by molar-refractivity contribution is -0.122. The van der Waals surface area contributed by atoms with E-state index in [1.807, 2.05) is 31.5 Å². The summed E-state index contributed by atoms with van der Waals surface area (Å²) in [5, 5.41) is 8.80. The predicted molar refractivity (Wildman–Crippen MR) is 124 cm³/mol. The molecule has 32 heavy (non-hydrogen) atoms. The second-order valence-corrected chi connectivity index (χ2v) is 8.65. The molecule has 3 heterocycles. The molecule has 0 bridgehead atoms. The fraction of sp³-hybridized carbons (Fsp3) is 0.455. The van der Waals surface area contributed by atoms with Gasteiger partial charge in [0.15, 0.2) is 5.65 Å². The molecular weight excluding hydrogens is 430 g/mol. The third-order valence-corrected chi connectivity index (χ3v) is 6.67. The van der Waals surface area contributed by atoms with Gasteiger partial charge in [-0.3, -0.25) is 9.69 Å². The fourth-order valence-electron chi connectivity index (χ4n) is 4.53. The summed E-state index contributed by atoms with van der Waals surface area (Å²) < 4.78 is 7.78.